The zero-order valence-electron chi connectivity index (χ0n) is 9.22. The molecule has 1 aromatic rings. The van der Waals surface area contributed by atoms with E-state index in [4.69, 9.17) is 0 Å². The van der Waals surface area contributed by atoms with Gasteiger partial charge in [0.2, 0.25) is 0 Å². The quantitative estimate of drug-likeness (QED) is 0.649. The van der Waals surface area contributed by atoms with E-state index in [9.17, 15) is 0 Å². The molecule has 1 radical (unpaired) electrons. The first-order valence-corrected chi connectivity index (χ1v) is 5.38. The lowest BCUT2D eigenvalue weighted by molar-refractivity contribution is 0.921. The summed E-state index contributed by atoms with van der Waals surface area (Å²) in [6.07, 6.45) is 4.79. The van der Waals surface area contributed by atoms with Gasteiger partial charge in [-0.05, 0) is 42.5 Å². The maximum atomic E-state index is 2.35. The summed E-state index contributed by atoms with van der Waals surface area (Å²) in [5, 5.41) is 0. The predicted octanol–water partition coefficient (Wildman–Crippen LogP) is 4.13. The summed E-state index contributed by atoms with van der Waals surface area (Å²) >= 11 is 0. The molecule has 0 saturated heterocycles. The third-order valence-corrected chi connectivity index (χ3v) is 3.01. The molecular weight excluding hydrogens is 168 g/mol. The topological polar surface area (TPSA) is 0 Å². The largest absolute Gasteiger partial charge is 0.0651 e. The molecule has 0 unspecified atom stereocenters. The van der Waals surface area contributed by atoms with Crippen molar-refractivity contribution in [3.05, 3.63) is 46.9 Å². The van der Waals surface area contributed by atoms with Gasteiger partial charge in [0.1, 0.15) is 0 Å². The van der Waals surface area contributed by atoms with E-state index < -0.39 is 0 Å². The van der Waals surface area contributed by atoms with Gasteiger partial charge >= 0.3 is 0 Å². The van der Waals surface area contributed by atoms with E-state index in [1.54, 1.807) is 0 Å². The zero-order chi connectivity index (χ0) is 10.1. The highest BCUT2D eigenvalue weighted by atomic mass is 14.2. The molecule has 0 amide bonds. The van der Waals surface area contributed by atoms with E-state index >= 15 is 0 Å². The third kappa shape index (κ3) is 1.39. The maximum Gasteiger partial charge on any atom is 0.0167 e. The van der Waals surface area contributed by atoms with Crippen LogP contribution in [0.1, 0.15) is 43.4 Å². The van der Waals surface area contributed by atoms with Crippen LogP contribution in [0.3, 0.4) is 0 Å². The van der Waals surface area contributed by atoms with Crippen LogP contribution in [0.15, 0.2) is 23.8 Å². The van der Waals surface area contributed by atoms with Crippen LogP contribution in [0.5, 0.6) is 0 Å². The Morgan fingerprint density at radius 1 is 1.14 bits per heavy atom. The Labute approximate surface area is 86.7 Å². The molecule has 14 heavy (non-hydrogen) atoms. The van der Waals surface area contributed by atoms with Gasteiger partial charge in [-0.2, -0.15) is 0 Å². The first-order valence-electron chi connectivity index (χ1n) is 5.38. The summed E-state index contributed by atoms with van der Waals surface area (Å²) in [6.45, 7) is 6.69. The van der Waals surface area contributed by atoms with E-state index in [1.807, 2.05) is 0 Å². The summed E-state index contributed by atoms with van der Waals surface area (Å²) in [4.78, 5) is 0. The third-order valence-electron chi connectivity index (χ3n) is 3.01. The molecule has 73 valence electrons. The molecule has 0 atom stereocenters. The monoisotopic (exact) mass is 185 g/mol. The van der Waals surface area contributed by atoms with Crippen LogP contribution in [0.2, 0.25) is 0 Å². The van der Waals surface area contributed by atoms with Crippen molar-refractivity contribution in [3.63, 3.8) is 0 Å². The Morgan fingerprint density at radius 3 is 2.57 bits per heavy atom. The zero-order valence-corrected chi connectivity index (χ0v) is 9.22. The van der Waals surface area contributed by atoms with Gasteiger partial charge < -0.3 is 0 Å². The van der Waals surface area contributed by atoms with Crippen LogP contribution in [0, 0.1) is 13.3 Å². The van der Waals surface area contributed by atoms with Crippen molar-refractivity contribution in [1.29, 1.82) is 0 Å². The fourth-order valence-electron chi connectivity index (χ4n) is 2.31. The number of fused-ring (bicyclic) bond motifs is 1. The number of allylic oxidation sites excluding steroid dienone is 2. The lowest BCUT2D eigenvalue weighted by Crippen LogP contribution is -1.85. The molecule has 0 aromatic heterocycles. The van der Waals surface area contributed by atoms with Crippen LogP contribution in [-0.4, -0.2) is 0 Å². The SMILES string of the molecule is CCCC1=C(C)c2c(C)cccc2[CH]1. The molecule has 0 aliphatic heterocycles. The van der Waals surface area contributed by atoms with E-state index in [1.165, 1.54) is 40.7 Å². The van der Waals surface area contributed by atoms with Gasteiger partial charge in [-0.1, -0.05) is 37.1 Å². The van der Waals surface area contributed by atoms with Gasteiger partial charge in [0, 0.05) is 6.42 Å². The van der Waals surface area contributed by atoms with Gasteiger partial charge in [0.25, 0.3) is 0 Å². The second kappa shape index (κ2) is 3.61. The molecule has 0 spiro atoms. The number of hydrogen-bond acceptors (Lipinski definition) is 0. The molecule has 2 rings (SSSR count). The van der Waals surface area contributed by atoms with Crippen LogP contribution in [0.25, 0.3) is 5.57 Å². The Hall–Kier alpha value is -1.04. The molecule has 1 aliphatic carbocycles. The minimum Gasteiger partial charge on any atom is -0.0651 e. The van der Waals surface area contributed by atoms with E-state index in [2.05, 4.69) is 45.4 Å². The van der Waals surface area contributed by atoms with Crippen molar-refractivity contribution >= 4 is 5.57 Å². The Morgan fingerprint density at radius 2 is 1.93 bits per heavy atom. The Balaban J connectivity index is 2.45. The van der Waals surface area contributed by atoms with Crippen molar-refractivity contribution in [2.24, 2.45) is 0 Å². The molecule has 0 fully saturated rings. The minimum atomic E-state index is 1.21. The first-order chi connectivity index (χ1) is 6.74. The number of aryl methyl sites for hydroxylation is 1. The van der Waals surface area contributed by atoms with Crippen LogP contribution in [-0.2, 0) is 0 Å². The number of hydrogen-bond donors (Lipinski definition) is 0. The van der Waals surface area contributed by atoms with Gasteiger partial charge in [0.15, 0.2) is 0 Å². The minimum absolute atomic E-state index is 1.21. The average molecular weight is 185 g/mol. The fourth-order valence-corrected chi connectivity index (χ4v) is 2.31. The average Bonchev–Trinajstić information content (AvgIpc) is 2.46. The molecule has 0 N–H and O–H groups in total. The molecule has 0 heteroatoms. The lowest BCUT2D eigenvalue weighted by atomic mass is 10.0. The van der Waals surface area contributed by atoms with Gasteiger partial charge in [-0.15, -0.1) is 0 Å². The smallest absolute Gasteiger partial charge is 0.0167 e. The van der Waals surface area contributed by atoms with E-state index in [-0.39, 0.29) is 0 Å². The number of rotatable bonds is 2. The predicted molar refractivity (Wildman–Crippen MR) is 62.1 cm³/mol. The fraction of sp³-hybridized carbons (Fsp3) is 0.357. The highest BCUT2D eigenvalue weighted by molar-refractivity contribution is 5.80. The molecule has 1 aromatic carbocycles. The summed E-state index contributed by atoms with van der Waals surface area (Å²) in [5.74, 6) is 0. The van der Waals surface area contributed by atoms with Gasteiger partial charge in [0.05, 0.1) is 0 Å². The van der Waals surface area contributed by atoms with Crippen molar-refractivity contribution in [3.8, 4) is 0 Å². The number of benzene rings is 1. The molecule has 0 bridgehead atoms. The van der Waals surface area contributed by atoms with Crippen LogP contribution in [0.4, 0.5) is 0 Å². The van der Waals surface area contributed by atoms with Gasteiger partial charge in [-0.3, -0.25) is 0 Å². The van der Waals surface area contributed by atoms with Gasteiger partial charge in [-0.25, -0.2) is 0 Å². The van der Waals surface area contributed by atoms with Crippen molar-refractivity contribution in [2.75, 3.05) is 0 Å². The van der Waals surface area contributed by atoms with Crippen molar-refractivity contribution in [1.82, 2.24) is 0 Å². The van der Waals surface area contributed by atoms with Crippen molar-refractivity contribution < 1.29 is 0 Å². The summed E-state index contributed by atoms with van der Waals surface area (Å²) in [6, 6.07) is 6.56. The summed E-state index contributed by atoms with van der Waals surface area (Å²) < 4.78 is 0. The molecule has 1 aliphatic rings. The normalized spacial score (nSPS) is 14.8. The Bertz CT molecular complexity index is 383. The highest BCUT2D eigenvalue weighted by Gasteiger charge is 2.18. The van der Waals surface area contributed by atoms with E-state index in [0.717, 1.165) is 0 Å². The first kappa shape index (κ1) is 9.51. The molecule has 0 nitrogen and oxygen atoms in total. The Kier molecular flexibility index (Phi) is 2.45. The highest BCUT2D eigenvalue weighted by Crippen LogP contribution is 2.37. The molecule has 0 heterocycles. The van der Waals surface area contributed by atoms with E-state index in [0.29, 0.717) is 0 Å². The van der Waals surface area contributed by atoms with Crippen molar-refractivity contribution in [2.45, 2.75) is 33.6 Å². The summed E-state index contributed by atoms with van der Waals surface area (Å²) in [5.41, 5.74) is 7.29. The second-order valence-electron chi connectivity index (χ2n) is 4.08. The second-order valence-corrected chi connectivity index (χ2v) is 4.08. The molecular formula is C14H17. The maximum absolute atomic E-state index is 2.35. The summed E-state index contributed by atoms with van der Waals surface area (Å²) in [7, 11) is 0. The standard InChI is InChI=1S/C14H17/c1-4-6-12-9-13-8-5-7-10(2)14(13)11(12)3/h5,7-9H,4,6H2,1-3H3. The lowest BCUT2D eigenvalue weighted by Gasteiger charge is -2.04. The molecule has 0 saturated carbocycles. The van der Waals surface area contributed by atoms with Crippen LogP contribution >= 0.6 is 0 Å². The van der Waals surface area contributed by atoms with Crippen LogP contribution < -0.4 is 0 Å².